The molecule has 1 atom stereocenters. The Bertz CT molecular complexity index is 368. The van der Waals surface area contributed by atoms with Crippen molar-refractivity contribution in [3.8, 4) is 0 Å². The van der Waals surface area contributed by atoms with Gasteiger partial charge < -0.3 is 10.4 Å². The van der Waals surface area contributed by atoms with Crippen LogP contribution >= 0.6 is 0 Å². The summed E-state index contributed by atoms with van der Waals surface area (Å²) in [6.07, 6.45) is 1.54. The third-order valence-corrected chi connectivity index (χ3v) is 2.71. The molecule has 0 amide bonds. The second-order valence-electron chi connectivity index (χ2n) is 4.56. The van der Waals surface area contributed by atoms with Crippen LogP contribution in [0.25, 0.3) is 0 Å². The fourth-order valence-corrected chi connectivity index (χ4v) is 2.01. The van der Waals surface area contributed by atoms with Gasteiger partial charge in [-0.05, 0) is 25.8 Å². The summed E-state index contributed by atoms with van der Waals surface area (Å²) in [5.41, 5.74) is 3.57. The van der Waals surface area contributed by atoms with Crippen LogP contribution in [0.5, 0.6) is 0 Å². The minimum absolute atomic E-state index is 0.444. The van der Waals surface area contributed by atoms with E-state index in [2.05, 4.69) is 37.4 Å². The van der Waals surface area contributed by atoms with Crippen molar-refractivity contribution in [1.29, 1.82) is 0 Å². The van der Waals surface area contributed by atoms with Gasteiger partial charge in [-0.1, -0.05) is 42.7 Å². The largest absolute Gasteiger partial charge is 0.480 e. The summed E-state index contributed by atoms with van der Waals surface area (Å²) in [7, 11) is 0. The number of nitrogens with one attached hydrogen (secondary N) is 1. The highest BCUT2D eigenvalue weighted by Gasteiger charge is 2.14. The molecule has 3 heteroatoms. The van der Waals surface area contributed by atoms with Crippen LogP contribution in [0.1, 0.15) is 36.5 Å². The van der Waals surface area contributed by atoms with E-state index in [0.29, 0.717) is 13.0 Å². The van der Waals surface area contributed by atoms with Gasteiger partial charge in [-0.15, -0.1) is 0 Å². The van der Waals surface area contributed by atoms with Crippen molar-refractivity contribution in [1.82, 2.24) is 5.32 Å². The first-order chi connectivity index (χ1) is 8.02. The van der Waals surface area contributed by atoms with Gasteiger partial charge in [-0.25, -0.2) is 0 Å². The van der Waals surface area contributed by atoms with Crippen LogP contribution in [0.2, 0.25) is 0 Å². The van der Waals surface area contributed by atoms with Crippen molar-refractivity contribution in [2.24, 2.45) is 0 Å². The maximum atomic E-state index is 11.0. The van der Waals surface area contributed by atoms with E-state index in [1.807, 2.05) is 6.92 Å². The molecule has 1 unspecified atom stereocenters. The van der Waals surface area contributed by atoms with Crippen molar-refractivity contribution in [3.05, 3.63) is 34.9 Å². The molecule has 17 heavy (non-hydrogen) atoms. The number of aryl methyl sites for hydroxylation is 2. The van der Waals surface area contributed by atoms with Crippen LogP contribution in [-0.4, -0.2) is 17.1 Å². The molecule has 0 spiro atoms. The zero-order chi connectivity index (χ0) is 12.8. The summed E-state index contributed by atoms with van der Waals surface area (Å²) in [6, 6.07) is 5.85. The standard InChI is InChI=1S/C14H21NO2/c1-4-5-13(14(16)17)15-9-12-7-10(2)6-11(3)8-12/h6-8,13,15H,4-5,9H2,1-3H3,(H,16,17). The molecule has 0 aliphatic heterocycles. The first kappa shape index (κ1) is 13.7. The molecule has 1 aromatic carbocycles. The van der Waals surface area contributed by atoms with Crippen molar-refractivity contribution in [2.75, 3.05) is 0 Å². The fraction of sp³-hybridized carbons (Fsp3) is 0.500. The van der Waals surface area contributed by atoms with Gasteiger partial charge in [0.05, 0.1) is 0 Å². The average molecular weight is 235 g/mol. The van der Waals surface area contributed by atoms with E-state index < -0.39 is 12.0 Å². The number of hydrogen-bond acceptors (Lipinski definition) is 2. The minimum atomic E-state index is -0.767. The highest BCUT2D eigenvalue weighted by Crippen LogP contribution is 2.09. The molecular weight excluding hydrogens is 214 g/mol. The number of hydrogen-bond donors (Lipinski definition) is 2. The number of rotatable bonds is 6. The summed E-state index contributed by atoms with van der Waals surface area (Å²) in [5, 5.41) is 12.1. The van der Waals surface area contributed by atoms with Gasteiger partial charge in [0.1, 0.15) is 6.04 Å². The zero-order valence-corrected chi connectivity index (χ0v) is 10.8. The summed E-state index contributed by atoms with van der Waals surface area (Å²) < 4.78 is 0. The van der Waals surface area contributed by atoms with Gasteiger partial charge >= 0.3 is 5.97 Å². The topological polar surface area (TPSA) is 49.3 Å². The van der Waals surface area contributed by atoms with Crippen LogP contribution in [0, 0.1) is 13.8 Å². The van der Waals surface area contributed by atoms with E-state index in [0.717, 1.165) is 12.0 Å². The summed E-state index contributed by atoms with van der Waals surface area (Å²) in [6.45, 7) is 6.71. The maximum Gasteiger partial charge on any atom is 0.320 e. The van der Waals surface area contributed by atoms with E-state index in [4.69, 9.17) is 5.11 Å². The Hall–Kier alpha value is -1.35. The van der Waals surface area contributed by atoms with Crippen molar-refractivity contribution in [3.63, 3.8) is 0 Å². The third kappa shape index (κ3) is 4.57. The Morgan fingerprint density at radius 3 is 2.35 bits per heavy atom. The number of carboxylic acid groups (broad SMARTS) is 1. The Labute approximate surface area is 103 Å². The highest BCUT2D eigenvalue weighted by molar-refractivity contribution is 5.73. The molecule has 0 fully saturated rings. The molecule has 94 valence electrons. The second kappa shape index (κ2) is 6.40. The van der Waals surface area contributed by atoms with Gasteiger partial charge in [0.25, 0.3) is 0 Å². The first-order valence-electron chi connectivity index (χ1n) is 6.06. The molecule has 0 saturated carbocycles. The molecule has 1 rings (SSSR count). The molecular formula is C14H21NO2. The number of carbonyl (C=O) groups is 1. The van der Waals surface area contributed by atoms with Gasteiger partial charge in [0.15, 0.2) is 0 Å². The molecule has 0 saturated heterocycles. The third-order valence-electron chi connectivity index (χ3n) is 2.71. The molecule has 0 aromatic heterocycles. The molecule has 1 aromatic rings. The quantitative estimate of drug-likeness (QED) is 0.797. The lowest BCUT2D eigenvalue weighted by atomic mass is 10.1. The van der Waals surface area contributed by atoms with E-state index in [1.165, 1.54) is 11.1 Å². The van der Waals surface area contributed by atoms with Crippen LogP contribution in [0.15, 0.2) is 18.2 Å². The number of carboxylic acids is 1. The fourth-order valence-electron chi connectivity index (χ4n) is 2.01. The van der Waals surface area contributed by atoms with Gasteiger partial charge in [0, 0.05) is 6.54 Å². The van der Waals surface area contributed by atoms with Crippen LogP contribution < -0.4 is 5.32 Å². The molecule has 0 radical (unpaired) electrons. The van der Waals surface area contributed by atoms with Crippen molar-refractivity contribution in [2.45, 2.75) is 46.2 Å². The van der Waals surface area contributed by atoms with E-state index >= 15 is 0 Å². The first-order valence-corrected chi connectivity index (χ1v) is 6.06. The van der Waals surface area contributed by atoms with Gasteiger partial charge in [-0.3, -0.25) is 4.79 Å². The zero-order valence-electron chi connectivity index (χ0n) is 10.8. The number of aliphatic carboxylic acids is 1. The monoisotopic (exact) mass is 235 g/mol. The number of benzene rings is 1. The summed E-state index contributed by atoms with van der Waals surface area (Å²) in [4.78, 5) is 11.0. The molecule has 0 aliphatic rings. The van der Waals surface area contributed by atoms with Crippen LogP contribution in [0.4, 0.5) is 0 Å². The van der Waals surface area contributed by atoms with E-state index in [9.17, 15) is 4.79 Å². The van der Waals surface area contributed by atoms with Crippen LogP contribution in [0.3, 0.4) is 0 Å². The Morgan fingerprint density at radius 2 is 1.88 bits per heavy atom. The summed E-state index contributed by atoms with van der Waals surface area (Å²) in [5.74, 6) is -0.767. The molecule has 0 aliphatic carbocycles. The Balaban J connectivity index is 2.61. The normalized spacial score (nSPS) is 12.4. The van der Waals surface area contributed by atoms with Crippen LogP contribution in [-0.2, 0) is 11.3 Å². The van der Waals surface area contributed by atoms with E-state index in [-0.39, 0.29) is 0 Å². The highest BCUT2D eigenvalue weighted by atomic mass is 16.4. The molecule has 0 bridgehead atoms. The second-order valence-corrected chi connectivity index (χ2v) is 4.56. The SMILES string of the molecule is CCCC(NCc1cc(C)cc(C)c1)C(=O)O. The van der Waals surface area contributed by atoms with Crippen molar-refractivity contribution < 1.29 is 9.90 Å². The molecule has 3 nitrogen and oxygen atoms in total. The lowest BCUT2D eigenvalue weighted by molar-refractivity contribution is -0.139. The predicted octanol–water partition coefficient (Wildman–Crippen LogP) is 2.65. The predicted molar refractivity (Wildman–Crippen MR) is 69.1 cm³/mol. The lowest BCUT2D eigenvalue weighted by Crippen LogP contribution is -2.36. The summed E-state index contributed by atoms with van der Waals surface area (Å²) >= 11 is 0. The minimum Gasteiger partial charge on any atom is -0.480 e. The van der Waals surface area contributed by atoms with E-state index in [1.54, 1.807) is 0 Å². The lowest BCUT2D eigenvalue weighted by Gasteiger charge is -2.14. The molecule has 0 heterocycles. The van der Waals surface area contributed by atoms with Gasteiger partial charge in [-0.2, -0.15) is 0 Å². The Kier molecular flexibility index (Phi) is 5.16. The molecule has 2 N–H and O–H groups in total. The maximum absolute atomic E-state index is 11.0. The van der Waals surface area contributed by atoms with Crippen molar-refractivity contribution >= 4 is 5.97 Å². The average Bonchev–Trinajstić information content (AvgIpc) is 2.22. The van der Waals surface area contributed by atoms with Gasteiger partial charge in [0.2, 0.25) is 0 Å². The Morgan fingerprint density at radius 1 is 1.29 bits per heavy atom. The smallest absolute Gasteiger partial charge is 0.320 e.